The molecule has 0 heterocycles. The van der Waals surface area contributed by atoms with Gasteiger partial charge in [-0.05, 0) is 31.4 Å². The van der Waals surface area contributed by atoms with E-state index in [1.807, 2.05) is 0 Å². The molecule has 1 aromatic rings. The Balaban J connectivity index is 2.21. The molecule has 78 valence electrons. The van der Waals surface area contributed by atoms with E-state index in [1.165, 1.54) is 6.07 Å². The summed E-state index contributed by atoms with van der Waals surface area (Å²) in [6.07, 6.45) is 3.22. The fraction of sp³-hybridized carbons (Fsp3) is 0.455. The molecule has 3 heteroatoms. The molecule has 1 nitrogen and oxygen atoms in total. The molecule has 0 aromatic heterocycles. The molecule has 0 spiro atoms. The van der Waals surface area contributed by atoms with Gasteiger partial charge in [0.1, 0.15) is 0 Å². The second-order valence-electron chi connectivity index (χ2n) is 3.03. The van der Waals surface area contributed by atoms with Gasteiger partial charge < -0.3 is 4.74 Å². The maximum Gasteiger partial charge on any atom is 0.165 e. The maximum absolute atomic E-state index is 13.0. The molecule has 0 fully saturated rings. The zero-order valence-electron chi connectivity index (χ0n) is 8.01. The summed E-state index contributed by atoms with van der Waals surface area (Å²) in [7, 11) is 0. The summed E-state index contributed by atoms with van der Waals surface area (Å²) in [5, 5.41) is 1.02. The van der Waals surface area contributed by atoms with Crippen LogP contribution in [0.1, 0.15) is 19.3 Å². The van der Waals surface area contributed by atoms with Crippen LogP contribution in [0.5, 0.6) is 5.75 Å². The number of ether oxygens (including phenoxy) is 1. The van der Waals surface area contributed by atoms with E-state index in [0.29, 0.717) is 12.4 Å². The van der Waals surface area contributed by atoms with Crippen LogP contribution in [0, 0.1) is 5.82 Å². The van der Waals surface area contributed by atoms with Crippen molar-refractivity contribution in [2.75, 3.05) is 11.9 Å². The van der Waals surface area contributed by atoms with Crippen LogP contribution in [0.2, 0.25) is 0 Å². The second kappa shape index (κ2) is 6.82. The van der Waals surface area contributed by atoms with E-state index in [1.54, 1.807) is 18.2 Å². The average Bonchev–Trinajstić information content (AvgIpc) is 2.20. The first kappa shape index (κ1) is 11.5. The Morgan fingerprint density at radius 2 is 1.93 bits per heavy atom. The third-order valence-electron chi connectivity index (χ3n) is 1.87. The Hall–Kier alpha value is -0.570. The highest BCUT2D eigenvalue weighted by molar-refractivity contribution is 9.09. The molecule has 0 aliphatic heterocycles. The van der Waals surface area contributed by atoms with Gasteiger partial charge in [0.2, 0.25) is 0 Å². The van der Waals surface area contributed by atoms with Crippen LogP contribution in [0.15, 0.2) is 24.3 Å². The summed E-state index contributed by atoms with van der Waals surface area (Å²) >= 11 is 3.36. The molecule has 0 N–H and O–H groups in total. The van der Waals surface area contributed by atoms with Crippen molar-refractivity contribution < 1.29 is 9.13 Å². The molecule has 1 rings (SSSR count). The molecule has 0 atom stereocenters. The van der Waals surface area contributed by atoms with Gasteiger partial charge in [-0.2, -0.15) is 0 Å². The molecule has 0 saturated heterocycles. The standard InChI is InChI=1S/C11H14BrFO/c12-8-4-1-5-9-14-11-7-3-2-6-10(11)13/h2-3,6-7H,1,4-5,8-9H2. The van der Waals surface area contributed by atoms with Crippen molar-refractivity contribution in [2.45, 2.75) is 19.3 Å². The van der Waals surface area contributed by atoms with Gasteiger partial charge in [0.05, 0.1) is 6.61 Å². The lowest BCUT2D eigenvalue weighted by Gasteiger charge is -2.05. The minimum Gasteiger partial charge on any atom is -0.491 e. The van der Waals surface area contributed by atoms with Crippen LogP contribution in [-0.4, -0.2) is 11.9 Å². The highest BCUT2D eigenvalue weighted by atomic mass is 79.9. The molecular weight excluding hydrogens is 247 g/mol. The molecule has 0 radical (unpaired) electrons. The summed E-state index contributed by atoms with van der Waals surface area (Å²) in [4.78, 5) is 0. The summed E-state index contributed by atoms with van der Waals surface area (Å²) in [5.74, 6) is 0.0688. The predicted molar refractivity (Wildman–Crippen MR) is 59.5 cm³/mol. The molecule has 0 saturated carbocycles. The van der Waals surface area contributed by atoms with Gasteiger partial charge >= 0.3 is 0 Å². The first-order valence-corrected chi connectivity index (χ1v) is 5.90. The van der Waals surface area contributed by atoms with Gasteiger partial charge in [-0.1, -0.05) is 28.1 Å². The summed E-state index contributed by atoms with van der Waals surface area (Å²) in [6.45, 7) is 0.591. The van der Waals surface area contributed by atoms with Crippen LogP contribution >= 0.6 is 15.9 Å². The zero-order valence-corrected chi connectivity index (χ0v) is 9.60. The lowest BCUT2D eigenvalue weighted by atomic mass is 10.3. The number of alkyl halides is 1. The number of halogens is 2. The third kappa shape index (κ3) is 4.09. The van der Waals surface area contributed by atoms with Gasteiger partial charge in [0, 0.05) is 5.33 Å². The summed E-state index contributed by atoms with van der Waals surface area (Å²) in [5.41, 5.74) is 0. The molecular formula is C11H14BrFO. The highest BCUT2D eigenvalue weighted by Gasteiger charge is 1.99. The van der Waals surface area contributed by atoms with Gasteiger partial charge in [-0.25, -0.2) is 4.39 Å². The minimum absolute atomic E-state index is 0.284. The van der Waals surface area contributed by atoms with Gasteiger partial charge in [0.25, 0.3) is 0 Å². The largest absolute Gasteiger partial charge is 0.491 e. The van der Waals surface area contributed by atoms with E-state index in [4.69, 9.17) is 4.74 Å². The van der Waals surface area contributed by atoms with Crippen LogP contribution in [-0.2, 0) is 0 Å². The lowest BCUT2D eigenvalue weighted by Crippen LogP contribution is -1.98. The SMILES string of the molecule is Fc1ccccc1OCCCCCBr. The Morgan fingerprint density at radius 3 is 2.64 bits per heavy atom. The zero-order chi connectivity index (χ0) is 10.2. The second-order valence-corrected chi connectivity index (χ2v) is 3.82. The van der Waals surface area contributed by atoms with Crippen molar-refractivity contribution in [3.8, 4) is 5.75 Å². The summed E-state index contributed by atoms with van der Waals surface area (Å²) < 4.78 is 18.3. The van der Waals surface area contributed by atoms with E-state index in [0.717, 1.165) is 24.6 Å². The van der Waals surface area contributed by atoms with E-state index in [-0.39, 0.29) is 5.82 Å². The smallest absolute Gasteiger partial charge is 0.165 e. The van der Waals surface area contributed by atoms with Gasteiger partial charge in [0.15, 0.2) is 11.6 Å². The maximum atomic E-state index is 13.0. The number of hydrogen-bond donors (Lipinski definition) is 0. The number of benzene rings is 1. The monoisotopic (exact) mass is 260 g/mol. The lowest BCUT2D eigenvalue weighted by molar-refractivity contribution is 0.292. The normalized spacial score (nSPS) is 10.1. The fourth-order valence-corrected chi connectivity index (χ4v) is 1.51. The quantitative estimate of drug-likeness (QED) is 0.559. The number of para-hydroxylation sites is 1. The van der Waals surface area contributed by atoms with Crippen LogP contribution in [0.4, 0.5) is 4.39 Å². The molecule has 0 aliphatic rings. The Labute approximate surface area is 92.4 Å². The molecule has 14 heavy (non-hydrogen) atoms. The Kier molecular flexibility index (Phi) is 5.60. The molecule has 0 amide bonds. The molecule has 1 aromatic carbocycles. The molecule has 0 unspecified atom stereocenters. The van der Waals surface area contributed by atoms with Crippen molar-refractivity contribution in [3.05, 3.63) is 30.1 Å². The minimum atomic E-state index is -0.284. The van der Waals surface area contributed by atoms with E-state index < -0.39 is 0 Å². The van der Waals surface area contributed by atoms with E-state index in [9.17, 15) is 4.39 Å². The molecule has 0 bridgehead atoms. The first-order valence-electron chi connectivity index (χ1n) is 4.78. The fourth-order valence-electron chi connectivity index (χ4n) is 1.12. The van der Waals surface area contributed by atoms with Crippen molar-refractivity contribution in [2.24, 2.45) is 0 Å². The average molecular weight is 261 g/mol. The Morgan fingerprint density at radius 1 is 1.14 bits per heavy atom. The summed E-state index contributed by atoms with van der Waals surface area (Å²) in [6, 6.07) is 6.50. The van der Waals surface area contributed by atoms with Crippen LogP contribution < -0.4 is 4.74 Å². The van der Waals surface area contributed by atoms with E-state index >= 15 is 0 Å². The number of unbranched alkanes of at least 4 members (excludes halogenated alkanes) is 2. The first-order chi connectivity index (χ1) is 6.84. The van der Waals surface area contributed by atoms with Gasteiger partial charge in [-0.15, -0.1) is 0 Å². The Bertz CT molecular complexity index is 265. The predicted octanol–water partition coefficient (Wildman–Crippen LogP) is 3.77. The van der Waals surface area contributed by atoms with Crippen molar-refractivity contribution in [3.63, 3.8) is 0 Å². The van der Waals surface area contributed by atoms with Gasteiger partial charge in [-0.3, -0.25) is 0 Å². The van der Waals surface area contributed by atoms with Crippen LogP contribution in [0.3, 0.4) is 0 Å². The van der Waals surface area contributed by atoms with E-state index in [2.05, 4.69) is 15.9 Å². The highest BCUT2D eigenvalue weighted by Crippen LogP contribution is 2.15. The van der Waals surface area contributed by atoms with Crippen molar-refractivity contribution in [1.29, 1.82) is 0 Å². The molecule has 0 aliphatic carbocycles. The number of hydrogen-bond acceptors (Lipinski definition) is 1. The van der Waals surface area contributed by atoms with Crippen LogP contribution in [0.25, 0.3) is 0 Å². The third-order valence-corrected chi connectivity index (χ3v) is 2.43. The topological polar surface area (TPSA) is 9.23 Å². The van der Waals surface area contributed by atoms with Crippen molar-refractivity contribution in [1.82, 2.24) is 0 Å². The number of rotatable bonds is 6. The van der Waals surface area contributed by atoms with Crippen molar-refractivity contribution >= 4 is 15.9 Å².